The molecule has 234 valence electrons. The molecule has 0 unspecified atom stereocenters. The maximum absolute atomic E-state index is 9.02. The topological polar surface area (TPSA) is 61.4 Å². The fraction of sp³-hybridized carbons (Fsp3) is 0.0222. The Hall–Kier alpha value is -6.52. The van der Waals surface area contributed by atoms with E-state index in [-0.39, 0.29) is 5.84 Å². The molecule has 0 atom stereocenters. The fourth-order valence-corrected chi connectivity index (χ4v) is 6.64. The molecule has 2 N–H and O–H groups in total. The van der Waals surface area contributed by atoms with Crippen LogP contribution in [0.3, 0.4) is 0 Å². The highest BCUT2D eigenvalue weighted by Gasteiger charge is 2.18. The second-order valence-electron chi connectivity index (χ2n) is 12.0. The number of hydrogen-bond donors (Lipinski definition) is 2. The number of rotatable bonds is 6. The Labute approximate surface area is 285 Å². The van der Waals surface area contributed by atoms with E-state index in [1.165, 1.54) is 33.4 Å². The van der Waals surface area contributed by atoms with Gasteiger partial charge in [-0.1, -0.05) is 146 Å². The molecule has 0 fully saturated rings. The Balaban J connectivity index is 1.21. The van der Waals surface area contributed by atoms with E-state index >= 15 is 0 Å². The van der Waals surface area contributed by atoms with Gasteiger partial charge in [0, 0.05) is 28.9 Å². The molecule has 1 heterocycles. The van der Waals surface area contributed by atoms with E-state index in [2.05, 4.69) is 133 Å². The van der Waals surface area contributed by atoms with Gasteiger partial charge in [0.15, 0.2) is 5.84 Å². The molecule has 0 radical (unpaired) electrons. The van der Waals surface area contributed by atoms with Gasteiger partial charge in [0.1, 0.15) is 17.0 Å². The first-order valence-corrected chi connectivity index (χ1v) is 16.4. The first-order chi connectivity index (χ1) is 24.2. The number of furan rings is 1. The van der Waals surface area contributed by atoms with Crippen LogP contribution in [0.2, 0.25) is 0 Å². The lowest BCUT2D eigenvalue weighted by Gasteiger charge is -2.19. The van der Waals surface area contributed by atoms with Crippen molar-refractivity contribution in [3.8, 4) is 44.5 Å². The molecule has 4 heteroatoms. The summed E-state index contributed by atoms with van der Waals surface area (Å²) >= 11 is 0. The molecule has 1 aromatic heterocycles. The number of hydrogen-bond acceptors (Lipinski definition) is 2. The third kappa shape index (κ3) is 5.70. The van der Waals surface area contributed by atoms with Gasteiger partial charge >= 0.3 is 0 Å². The zero-order valence-corrected chi connectivity index (χ0v) is 27.0. The van der Waals surface area contributed by atoms with Gasteiger partial charge in [0.25, 0.3) is 0 Å². The van der Waals surface area contributed by atoms with Crippen molar-refractivity contribution in [2.45, 2.75) is 0 Å². The quantitative estimate of drug-likeness (QED) is 0.142. The maximum atomic E-state index is 9.02. The first-order valence-electron chi connectivity index (χ1n) is 16.4. The van der Waals surface area contributed by atoms with E-state index in [4.69, 9.17) is 14.8 Å². The van der Waals surface area contributed by atoms with E-state index in [0.29, 0.717) is 5.84 Å². The molecule has 0 amide bonds. The van der Waals surface area contributed by atoms with Crippen molar-refractivity contribution in [1.82, 2.24) is 5.32 Å². The molecule has 0 saturated heterocycles. The second-order valence-corrected chi connectivity index (χ2v) is 12.0. The Morgan fingerprint density at radius 3 is 1.69 bits per heavy atom. The molecule has 0 aliphatic heterocycles. The van der Waals surface area contributed by atoms with Gasteiger partial charge in [-0.25, -0.2) is 4.99 Å². The Bertz CT molecular complexity index is 2400. The van der Waals surface area contributed by atoms with Gasteiger partial charge < -0.3 is 9.73 Å². The van der Waals surface area contributed by atoms with Gasteiger partial charge in [-0.15, -0.1) is 0 Å². The lowest BCUT2D eigenvalue weighted by atomic mass is 9.84. The van der Waals surface area contributed by atoms with E-state index in [0.717, 1.165) is 44.2 Å². The molecular formula is C45H33N3O. The highest BCUT2D eigenvalue weighted by Crippen LogP contribution is 2.43. The normalized spacial score (nSPS) is 11.6. The zero-order valence-electron chi connectivity index (χ0n) is 27.0. The van der Waals surface area contributed by atoms with Gasteiger partial charge in [-0.05, 0) is 68.8 Å². The van der Waals surface area contributed by atoms with Crippen LogP contribution in [0.15, 0.2) is 179 Å². The van der Waals surface area contributed by atoms with E-state index < -0.39 is 0 Å². The molecule has 0 aliphatic rings. The maximum Gasteiger partial charge on any atom is 0.154 e. The summed E-state index contributed by atoms with van der Waals surface area (Å²) in [5.74, 6) is 0.790. The molecule has 4 nitrogen and oxygen atoms in total. The number of nitrogens with one attached hydrogen (secondary N) is 2. The number of fused-ring (bicyclic) bond motifs is 3. The van der Waals surface area contributed by atoms with Crippen molar-refractivity contribution in [3.63, 3.8) is 0 Å². The molecule has 7 aromatic carbocycles. The summed E-state index contributed by atoms with van der Waals surface area (Å²) in [6, 6.07) is 58.6. The van der Waals surface area contributed by atoms with Gasteiger partial charge in [0.05, 0.1) is 0 Å². The van der Waals surface area contributed by atoms with Crippen molar-refractivity contribution in [2.24, 2.45) is 4.99 Å². The van der Waals surface area contributed by atoms with Crippen LogP contribution in [0.5, 0.6) is 0 Å². The third-order valence-corrected chi connectivity index (χ3v) is 8.98. The van der Waals surface area contributed by atoms with Crippen molar-refractivity contribution in [2.75, 3.05) is 7.05 Å². The van der Waals surface area contributed by atoms with E-state index in [1.807, 2.05) is 49.5 Å². The summed E-state index contributed by atoms with van der Waals surface area (Å²) in [4.78, 5) is 4.77. The van der Waals surface area contributed by atoms with E-state index in [9.17, 15) is 0 Å². The zero-order chi connectivity index (χ0) is 33.2. The smallest absolute Gasteiger partial charge is 0.154 e. The minimum atomic E-state index is 0.169. The van der Waals surface area contributed by atoms with Crippen LogP contribution in [0.25, 0.3) is 66.4 Å². The predicted molar refractivity (Wildman–Crippen MR) is 204 cm³/mol. The summed E-state index contributed by atoms with van der Waals surface area (Å²) in [6.07, 6.45) is 0. The fourth-order valence-electron chi connectivity index (χ4n) is 6.64. The van der Waals surface area contributed by atoms with Gasteiger partial charge in [-0.2, -0.15) is 0 Å². The van der Waals surface area contributed by atoms with Crippen LogP contribution in [-0.4, -0.2) is 18.7 Å². The van der Waals surface area contributed by atoms with E-state index in [1.54, 1.807) is 0 Å². The molecule has 0 aliphatic carbocycles. The van der Waals surface area contributed by atoms with Crippen LogP contribution in [0.1, 0.15) is 11.1 Å². The highest BCUT2D eigenvalue weighted by molar-refractivity contribution is 6.20. The number of amidine groups is 2. The molecule has 8 rings (SSSR count). The van der Waals surface area contributed by atoms with Gasteiger partial charge in [-0.3, -0.25) is 5.41 Å². The molecule has 8 aromatic rings. The second kappa shape index (κ2) is 12.9. The summed E-state index contributed by atoms with van der Waals surface area (Å²) < 4.78 is 6.06. The number of aliphatic imine (C=N–C) groups is 1. The van der Waals surface area contributed by atoms with Crippen molar-refractivity contribution in [3.05, 3.63) is 181 Å². The lowest BCUT2D eigenvalue weighted by Crippen LogP contribution is -2.21. The molecule has 0 spiro atoms. The SMILES string of the molecule is CNC(=NC(=N)c1cccc2oc3ccccc3c12)c1ccc(-c2cc(-c3ccccc3)c(-c3ccccc3)c(-c3ccccc3)c2)cc1. The van der Waals surface area contributed by atoms with Crippen molar-refractivity contribution in [1.29, 1.82) is 5.41 Å². The van der Waals surface area contributed by atoms with Crippen LogP contribution < -0.4 is 5.32 Å². The molecule has 0 saturated carbocycles. The molecular weight excluding hydrogens is 599 g/mol. The summed E-state index contributed by atoms with van der Waals surface area (Å²) in [6.45, 7) is 0. The minimum Gasteiger partial charge on any atom is -0.456 e. The number of nitrogens with zero attached hydrogens (tertiary/aromatic N) is 1. The Morgan fingerprint density at radius 1 is 0.531 bits per heavy atom. The summed E-state index contributed by atoms with van der Waals surface area (Å²) in [7, 11) is 1.84. The molecule has 49 heavy (non-hydrogen) atoms. The highest BCUT2D eigenvalue weighted by atomic mass is 16.3. The number of benzene rings is 7. The number of para-hydroxylation sites is 1. The van der Waals surface area contributed by atoms with Crippen LogP contribution in [0.4, 0.5) is 0 Å². The molecule has 0 bridgehead atoms. The summed E-state index contributed by atoms with van der Waals surface area (Å²) in [5.41, 5.74) is 12.5. The van der Waals surface area contributed by atoms with Gasteiger partial charge in [0.2, 0.25) is 0 Å². The summed E-state index contributed by atoms with van der Waals surface area (Å²) in [5, 5.41) is 14.1. The largest absolute Gasteiger partial charge is 0.456 e. The lowest BCUT2D eigenvalue weighted by molar-refractivity contribution is 0.669. The average molecular weight is 632 g/mol. The van der Waals surface area contributed by atoms with Crippen molar-refractivity contribution < 1.29 is 4.42 Å². The average Bonchev–Trinajstić information content (AvgIpc) is 3.56. The van der Waals surface area contributed by atoms with Crippen molar-refractivity contribution >= 4 is 33.6 Å². The third-order valence-electron chi connectivity index (χ3n) is 8.98. The van der Waals surface area contributed by atoms with Crippen LogP contribution >= 0.6 is 0 Å². The Kier molecular flexibility index (Phi) is 7.88. The monoisotopic (exact) mass is 631 g/mol. The standard InChI is InChI=1S/C45H33N3O/c1-47-45(48-44(46)37-21-13-23-41-43(37)36-20-11-12-22-40(36)49-41)34-26-24-30(25-27-34)35-28-38(31-14-5-2-6-15-31)42(33-18-9-4-10-19-33)39(29-35)32-16-7-3-8-17-32/h2-29H,1H3,(H2,46,47,48). The minimum absolute atomic E-state index is 0.169. The first kappa shape index (κ1) is 29.9. The van der Waals surface area contributed by atoms with Crippen LogP contribution in [-0.2, 0) is 0 Å². The Morgan fingerprint density at radius 2 is 1.08 bits per heavy atom. The predicted octanol–water partition coefficient (Wildman–Crippen LogP) is 11.2. The van der Waals surface area contributed by atoms with Crippen LogP contribution in [0, 0.1) is 5.41 Å².